The monoisotopic (exact) mass is 194 g/mol. The highest BCUT2D eigenvalue weighted by molar-refractivity contribution is 5.88. The minimum atomic E-state index is -1.44. The van der Waals surface area contributed by atoms with E-state index >= 15 is 0 Å². The fraction of sp³-hybridized carbons (Fsp3) is 0.400. The largest absolute Gasteiger partial charge is 0.465 e. The van der Waals surface area contributed by atoms with Crippen molar-refractivity contribution in [3.63, 3.8) is 0 Å². The summed E-state index contributed by atoms with van der Waals surface area (Å²) in [5.41, 5.74) is 5.92. The van der Waals surface area contributed by atoms with Crippen LogP contribution in [-0.4, -0.2) is 29.9 Å². The first kappa shape index (κ1) is 11.0. The van der Waals surface area contributed by atoms with Crippen LogP contribution in [0.1, 0.15) is 6.92 Å². The average Bonchev–Trinajstić information content (AvgIpc) is 2.03. The lowest BCUT2D eigenvalue weighted by Crippen LogP contribution is -2.33. The topological polar surface area (TPSA) is 145 Å². The molecular formula is C5H11N3O5. The number of nitrogens with two attached hydrogens (primary N) is 2. The predicted molar refractivity (Wildman–Crippen MR) is 42.0 cm³/mol. The fourth-order valence-corrected chi connectivity index (χ4v) is 0.236. The normalized spacial score (nSPS) is 8.23. The Morgan fingerprint density at radius 1 is 1.62 bits per heavy atom. The number of primary amides is 2. The Morgan fingerprint density at radius 2 is 2.15 bits per heavy atom. The van der Waals surface area contributed by atoms with Gasteiger partial charge in [0.25, 0.3) is 0 Å². The summed E-state index contributed by atoms with van der Waals surface area (Å²) in [4.78, 5) is 28.8. The van der Waals surface area contributed by atoms with Crippen molar-refractivity contribution in [3.05, 3.63) is 0 Å². The summed E-state index contributed by atoms with van der Waals surface area (Å²) in [6.07, 6.45) is -2.14. The van der Waals surface area contributed by atoms with Gasteiger partial charge in [-0.3, -0.25) is 0 Å². The summed E-state index contributed by atoms with van der Waals surface area (Å²) in [7, 11) is 0. The number of carbonyl (C=O) groups excluding carboxylic acids is 2. The van der Waals surface area contributed by atoms with Crippen LogP contribution in [0, 0.1) is 0 Å². The Hall–Kier alpha value is -1.99. The number of ether oxygens (including phenoxy) is 1. The van der Waals surface area contributed by atoms with Crippen molar-refractivity contribution in [1.29, 1.82) is 0 Å². The molecule has 0 radical (unpaired) electrons. The van der Waals surface area contributed by atoms with Gasteiger partial charge in [0.2, 0.25) is 0 Å². The number of urea groups is 1. The SMILES string of the molecule is NC(=O)NC(=O)O.[2H]NC(=O)OCC. The molecule has 0 spiro atoms. The molecule has 4 amide bonds. The fourth-order valence-electron chi connectivity index (χ4n) is 0.236. The first-order valence-electron chi connectivity index (χ1n) is 3.57. The minimum Gasteiger partial charge on any atom is -0.465 e. The quantitative estimate of drug-likeness (QED) is 0.441. The minimum absolute atomic E-state index is 0.310. The maximum Gasteiger partial charge on any atom is 0.412 e. The second-order valence-corrected chi connectivity index (χ2v) is 1.51. The van der Waals surface area contributed by atoms with Gasteiger partial charge in [0.05, 0.1) is 6.61 Å². The lowest BCUT2D eigenvalue weighted by atomic mass is 10.9. The summed E-state index contributed by atoms with van der Waals surface area (Å²) in [6.45, 7) is 1.99. The van der Waals surface area contributed by atoms with Gasteiger partial charge in [-0.2, -0.15) is 0 Å². The Labute approximate surface area is 75.3 Å². The molecule has 0 rings (SSSR count). The van der Waals surface area contributed by atoms with E-state index in [9.17, 15) is 14.4 Å². The Kier molecular flexibility index (Phi) is 6.87. The van der Waals surface area contributed by atoms with Crippen molar-refractivity contribution >= 4 is 18.2 Å². The van der Waals surface area contributed by atoms with Crippen molar-refractivity contribution in [2.75, 3.05) is 6.61 Å². The van der Waals surface area contributed by atoms with E-state index in [-0.39, 0.29) is 0 Å². The van der Waals surface area contributed by atoms with Crippen LogP contribution >= 0.6 is 0 Å². The van der Waals surface area contributed by atoms with Gasteiger partial charge in [-0.1, -0.05) is 0 Å². The molecule has 0 unspecified atom stereocenters. The molecule has 6 N–H and O–H groups in total. The second-order valence-electron chi connectivity index (χ2n) is 1.51. The smallest absolute Gasteiger partial charge is 0.412 e. The third-order valence-corrected chi connectivity index (χ3v) is 0.506. The first-order valence-corrected chi connectivity index (χ1v) is 3.07. The molecule has 13 heavy (non-hydrogen) atoms. The Morgan fingerprint density at radius 3 is 2.23 bits per heavy atom. The van der Waals surface area contributed by atoms with Gasteiger partial charge in [0.1, 0.15) is 0 Å². The molecule has 0 aromatic heterocycles. The maximum absolute atomic E-state index is 9.89. The van der Waals surface area contributed by atoms with Crippen molar-refractivity contribution in [1.82, 2.24) is 5.32 Å². The van der Waals surface area contributed by atoms with Crippen LogP contribution in [0.15, 0.2) is 0 Å². The third-order valence-electron chi connectivity index (χ3n) is 0.506. The third kappa shape index (κ3) is 25.6. The number of nitrogens with one attached hydrogen (secondary N) is 1. The number of rotatable bonds is 1. The molecule has 0 aromatic rings. The molecule has 0 atom stereocenters. The first-order chi connectivity index (χ1) is 6.43. The van der Waals surface area contributed by atoms with Crippen LogP contribution in [0.3, 0.4) is 0 Å². The van der Waals surface area contributed by atoms with Crippen LogP contribution in [0.4, 0.5) is 14.4 Å². The summed E-state index contributed by atoms with van der Waals surface area (Å²) >= 11 is 0. The zero-order valence-corrected chi connectivity index (χ0v) is 6.86. The summed E-state index contributed by atoms with van der Waals surface area (Å²) < 4.78 is 10.4. The maximum atomic E-state index is 9.89. The average molecular weight is 194 g/mol. The number of imide groups is 1. The van der Waals surface area contributed by atoms with E-state index < -0.39 is 18.2 Å². The van der Waals surface area contributed by atoms with Crippen LogP contribution < -0.4 is 16.8 Å². The van der Waals surface area contributed by atoms with E-state index in [4.69, 9.17) is 6.52 Å². The summed E-state index contributed by atoms with van der Waals surface area (Å²) in [6, 6.07) is -1.06. The van der Waals surface area contributed by atoms with E-state index in [0.29, 0.717) is 6.61 Å². The molecule has 0 bridgehead atoms. The molecule has 0 aliphatic rings. The summed E-state index contributed by atoms with van der Waals surface area (Å²) in [5.74, 6) is 0. The van der Waals surface area contributed by atoms with E-state index in [1.54, 1.807) is 12.7 Å². The van der Waals surface area contributed by atoms with E-state index in [0.717, 1.165) is 0 Å². The molecule has 0 aliphatic heterocycles. The van der Waals surface area contributed by atoms with Gasteiger partial charge in [0.15, 0.2) is 1.41 Å². The lowest BCUT2D eigenvalue weighted by molar-refractivity contribution is 0.163. The zero-order chi connectivity index (χ0) is 11.6. The lowest BCUT2D eigenvalue weighted by Gasteiger charge is -1.89. The number of carbonyl (C=O) groups is 3. The van der Waals surface area contributed by atoms with Crippen molar-refractivity contribution < 1.29 is 25.6 Å². The van der Waals surface area contributed by atoms with E-state index in [1.807, 2.05) is 0 Å². The second kappa shape index (κ2) is 8.11. The molecule has 0 saturated carbocycles. The highest BCUT2D eigenvalue weighted by atomic mass is 16.5. The number of hydrogen-bond donors (Lipinski definition) is 4. The number of carboxylic acid groups (broad SMARTS) is 1. The highest BCUT2D eigenvalue weighted by Crippen LogP contribution is 1.66. The Balaban J connectivity index is 0. The number of hydrogen-bond acceptors (Lipinski definition) is 4. The van der Waals surface area contributed by atoms with Gasteiger partial charge in [-0.25, -0.2) is 19.7 Å². The molecule has 8 nitrogen and oxygen atoms in total. The van der Waals surface area contributed by atoms with Crippen molar-refractivity contribution in [2.24, 2.45) is 11.5 Å². The van der Waals surface area contributed by atoms with Gasteiger partial charge in [-0.15, -0.1) is 0 Å². The van der Waals surface area contributed by atoms with Crippen LogP contribution in [0.5, 0.6) is 0 Å². The molecule has 0 heterocycles. The van der Waals surface area contributed by atoms with E-state index in [2.05, 4.69) is 10.5 Å². The molecule has 76 valence electrons. The van der Waals surface area contributed by atoms with Crippen LogP contribution in [-0.2, 0) is 4.74 Å². The zero-order valence-electron chi connectivity index (χ0n) is 7.86. The molecule has 0 fully saturated rings. The number of amides is 4. The predicted octanol–water partition coefficient (Wildman–Crippen LogP) is -0.566. The summed E-state index contributed by atoms with van der Waals surface area (Å²) in [5, 5.41) is 9.03. The van der Waals surface area contributed by atoms with Gasteiger partial charge in [-0.05, 0) is 6.92 Å². The van der Waals surface area contributed by atoms with Crippen LogP contribution in [0.25, 0.3) is 0 Å². The molecule has 0 aliphatic carbocycles. The van der Waals surface area contributed by atoms with Gasteiger partial charge >= 0.3 is 18.2 Å². The van der Waals surface area contributed by atoms with Gasteiger partial charge in [0, 0.05) is 0 Å². The molecule has 8 heteroatoms. The van der Waals surface area contributed by atoms with E-state index in [1.165, 1.54) is 5.32 Å². The molecule has 0 aromatic carbocycles. The van der Waals surface area contributed by atoms with Gasteiger partial charge < -0.3 is 21.3 Å². The van der Waals surface area contributed by atoms with Crippen molar-refractivity contribution in [2.45, 2.75) is 6.92 Å². The molecule has 0 saturated heterocycles. The van der Waals surface area contributed by atoms with Crippen LogP contribution in [0.2, 0.25) is 1.41 Å². The molecular weight excluding hydrogens is 182 g/mol. The Bertz CT molecular complexity index is 198. The standard InChI is InChI=1S/C3H7NO2.C2H4N2O3/c1-2-6-3(4)5;3-1(5)4-2(6)7/h2H2,1H3,(H2,4,5);(H,6,7)(H3,3,4,5)/i/hD. The highest BCUT2D eigenvalue weighted by Gasteiger charge is 1.94. The van der Waals surface area contributed by atoms with Crippen molar-refractivity contribution in [3.8, 4) is 0 Å².